The van der Waals surface area contributed by atoms with Crippen LogP contribution in [0.3, 0.4) is 0 Å². The highest BCUT2D eigenvalue weighted by atomic mass is 35.5. The zero-order valence-corrected chi connectivity index (χ0v) is 15.8. The number of oxazole rings is 1. The normalized spacial score (nSPS) is 10.7. The molecule has 0 radical (unpaired) electrons. The van der Waals surface area contributed by atoms with Crippen LogP contribution in [0.4, 0.5) is 5.00 Å². The van der Waals surface area contributed by atoms with Gasteiger partial charge in [0.2, 0.25) is 0 Å². The molecule has 134 valence electrons. The lowest BCUT2D eigenvalue weighted by molar-refractivity contribution is 0.102. The molecule has 4 aromatic rings. The summed E-state index contributed by atoms with van der Waals surface area (Å²) in [4.78, 5) is 21.4. The molecule has 0 saturated carbocycles. The Morgan fingerprint density at radius 1 is 1.15 bits per heavy atom. The van der Waals surface area contributed by atoms with Crippen LogP contribution in [0.5, 0.6) is 0 Å². The zero-order valence-electron chi connectivity index (χ0n) is 14.3. The van der Waals surface area contributed by atoms with Crippen molar-refractivity contribution in [2.24, 2.45) is 0 Å². The molecule has 0 aliphatic rings. The van der Waals surface area contributed by atoms with Gasteiger partial charge < -0.3 is 9.73 Å². The van der Waals surface area contributed by atoms with Crippen LogP contribution in [0, 0.1) is 6.92 Å². The van der Waals surface area contributed by atoms with Gasteiger partial charge in [0.05, 0.1) is 11.2 Å². The Labute approximate surface area is 164 Å². The van der Waals surface area contributed by atoms with Gasteiger partial charge in [0.15, 0.2) is 12.2 Å². The number of halogens is 1. The van der Waals surface area contributed by atoms with Gasteiger partial charge in [-0.1, -0.05) is 11.6 Å². The van der Waals surface area contributed by atoms with Gasteiger partial charge in [0.1, 0.15) is 0 Å². The molecule has 0 spiro atoms. The molecule has 0 saturated heterocycles. The highest BCUT2D eigenvalue weighted by molar-refractivity contribution is 7.19. The predicted molar refractivity (Wildman–Crippen MR) is 107 cm³/mol. The van der Waals surface area contributed by atoms with Crippen molar-refractivity contribution >= 4 is 33.8 Å². The van der Waals surface area contributed by atoms with E-state index in [-0.39, 0.29) is 5.91 Å². The average molecular weight is 396 g/mol. The van der Waals surface area contributed by atoms with Gasteiger partial charge in [-0.15, -0.1) is 11.3 Å². The van der Waals surface area contributed by atoms with Crippen LogP contribution >= 0.6 is 22.9 Å². The van der Waals surface area contributed by atoms with Crippen LogP contribution in [-0.2, 0) is 0 Å². The first-order valence-electron chi connectivity index (χ1n) is 8.12. The number of anilines is 1. The third-order valence-electron chi connectivity index (χ3n) is 4.06. The number of thiophene rings is 1. The number of carbonyl (C=O) groups excluding carboxylic acids is 1. The first kappa shape index (κ1) is 17.5. The Morgan fingerprint density at radius 3 is 2.81 bits per heavy atom. The van der Waals surface area contributed by atoms with Gasteiger partial charge in [-0.05, 0) is 48.9 Å². The topological polar surface area (TPSA) is 68.0 Å². The molecule has 5 nitrogen and oxygen atoms in total. The number of rotatable bonds is 4. The summed E-state index contributed by atoms with van der Waals surface area (Å²) in [5, 5.41) is 4.30. The summed E-state index contributed by atoms with van der Waals surface area (Å²) in [5.74, 6) is 0.510. The molecule has 4 rings (SSSR count). The fourth-order valence-corrected chi connectivity index (χ4v) is 3.89. The maximum atomic E-state index is 12.5. The molecule has 3 heterocycles. The van der Waals surface area contributed by atoms with Crippen molar-refractivity contribution in [3.63, 3.8) is 0 Å². The molecule has 3 aromatic heterocycles. The van der Waals surface area contributed by atoms with Crippen LogP contribution in [0.15, 0.2) is 65.8 Å². The average Bonchev–Trinajstić information content (AvgIpc) is 3.34. The van der Waals surface area contributed by atoms with Gasteiger partial charge in [-0.2, -0.15) is 0 Å². The summed E-state index contributed by atoms with van der Waals surface area (Å²) < 4.78 is 5.36. The summed E-state index contributed by atoms with van der Waals surface area (Å²) >= 11 is 7.85. The lowest BCUT2D eigenvalue weighted by atomic mass is 10.1. The van der Waals surface area contributed by atoms with Crippen LogP contribution in [-0.4, -0.2) is 15.9 Å². The predicted octanol–water partition coefficient (Wildman–Crippen LogP) is 5.68. The van der Waals surface area contributed by atoms with Crippen LogP contribution in [0.2, 0.25) is 5.02 Å². The van der Waals surface area contributed by atoms with Gasteiger partial charge in [0, 0.05) is 39.0 Å². The summed E-state index contributed by atoms with van der Waals surface area (Å²) in [6.07, 6.45) is 6.33. The van der Waals surface area contributed by atoms with E-state index in [0.29, 0.717) is 16.3 Å². The van der Waals surface area contributed by atoms with E-state index in [1.807, 2.05) is 37.3 Å². The Morgan fingerprint density at radius 2 is 2.04 bits per heavy atom. The molecule has 7 heteroatoms. The molecular formula is C20H14ClN3O2S. The monoisotopic (exact) mass is 395 g/mol. The van der Waals surface area contributed by atoms with Crippen LogP contribution in [0.1, 0.15) is 15.9 Å². The maximum Gasteiger partial charge on any atom is 0.256 e. The molecular weight excluding hydrogens is 382 g/mol. The summed E-state index contributed by atoms with van der Waals surface area (Å²) in [7, 11) is 0. The minimum absolute atomic E-state index is 0.162. The summed E-state index contributed by atoms with van der Waals surface area (Å²) in [5.41, 5.74) is 3.19. The van der Waals surface area contributed by atoms with E-state index >= 15 is 0 Å². The molecule has 0 aliphatic carbocycles. The molecule has 27 heavy (non-hydrogen) atoms. The first-order valence-corrected chi connectivity index (χ1v) is 9.32. The fourth-order valence-electron chi connectivity index (χ4n) is 2.68. The third-order valence-corrected chi connectivity index (χ3v) is 5.42. The standard InChI is InChI=1S/C20H14ClN3O2S/c1-12-9-22-7-6-14(12)20(25)24-19-5-4-18(27-19)15-8-13(2-3-16(15)21)17-10-23-11-26-17/h2-11H,1H3,(H,24,25). The number of aromatic nitrogens is 2. The SMILES string of the molecule is Cc1cnccc1C(=O)Nc1ccc(-c2cc(-c3cnco3)ccc2Cl)s1. The number of benzene rings is 1. The van der Waals surface area contributed by atoms with Crippen LogP contribution in [0.25, 0.3) is 21.8 Å². The summed E-state index contributed by atoms with van der Waals surface area (Å²) in [6.45, 7) is 1.86. The van der Waals surface area contributed by atoms with E-state index in [1.165, 1.54) is 17.7 Å². The summed E-state index contributed by atoms with van der Waals surface area (Å²) in [6, 6.07) is 11.2. The minimum atomic E-state index is -0.162. The van der Waals surface area contributed by atoms with Gasteiger partial charge in [-0.3, -0.25) is 9.78 Å². The molecule has 1 amide bonds. The second-order valence-electron chi connectivity index (χ2n) is 5.87. The first-order chi connectivity index (χ1) is 13.1. The Bertz CT molecular complexity index is 1110. The van der Waals surface area contributed by atoms with Crippen molar-refractivity contribution in [3.05, 3.63) is 77.5 Å². The molecule has 1 aromatic carbocycles. The molecule has 0 aliphatic heterocycles. The molecule has 0 atom stereocenters. The number of nitrogens with one attached hydrogen (secondary N) is 1. The Hall–Kier alpha value is -2.96. The molecule has 0 unspecified atom stereocenters. The number of nitrogens with zero attached hydrogens (tertiary/aromatic N) is 2. The zero-order chi connectivity index (χ0) is 18.8. The Balaban J connectivity index is 1.60. The second kappa shape index (κ2) is 7.34. The van der Waals surface area contributed by atoms with Crippen molar-refractivity contribution in [3.8, 4) is 21.8 Å². The number of aryl methyl sites for hydroxylation is 1. The van der Waals surface area contributed by atoms with Crippen molar-refractivity contribution < 1.29 is 9.21 Å². The van der Waals surface area contributed by atoms with E-state index in [4.69, 9.17) is 16.0 Å². The fraction of sp³-hybridized carbons (Fsp3) is 0.0500. The van der Waals surface area contributed by atoms with Crippen molar-refractivity contribution in [1.29, 1.82) is 0 Å². The maximum absolute atomic E-state index is 12.5. The van der Waals surface area contributed by atoms with Crippen molar-refractivity contribution in [1.82, 2.24) is 9.97 Å². The van der Waals surface area contributed by atoms with Gasteiger partial charge >= 0.3 is 0 Å². The number of hydrogen-bond donors (Lipinski definition) is 1. The van der Waals surface area contributed by atoms with E-state index in [0.717, 1.165) is 26.6 Å². The minimum Gasteiger partial charge on any atom is -0.444 e. The number of hydrogen-bond acceptors (Lipinski definition) is 5. The molecule has 0 fully saturated rings. The lowest BCUT2D eigenvalue weighted by Crippen LogP contribution is -2.12. The molecule has 1 N–H and O–H groups in total. The second-order valence-corrected chi connectivity index (χ2v) is 7.36. The number of amides is 1. The number of carbonyl (C=O) groups is 1. The van der Waals surface area contributed by atoms with Gasteiger partial charge in [0.25, 0.3) is 5.91 Å². The largest absolute Gasteiger partial charge is 0.444 e. The molecule has 0 bridgehead atoms. The third kappa shape index (κ3) is 3.63. The van der Waals surface area contributed by atoms with E-state index in [9.17, 15) is 4.79 Å². The highest BCUT2D eigenvalue weighted by Gasteiger charge is 2.13. The van der Waals surface area contributed by atoms with E-state index < -0.39 is 0 Å². The van der Waals surface area contributed by atoms with E-state index in [1.54, 1.807) is 24.7 Å². The number of pyridine rings is 1. The quantitative estimate of drug-likeness (QED) is 0.482. The van der Waals surface area contributed by atoms with Crippen molar-refractivity contribution in [2.45, 2.75) is 6.92 Å². The smallest absolute Gasteiger partial charge is 0.256 e. The van der Waals surface area contributed by atoms with Gasteiger partial charge in [-0.25, -0.2) is 4.98 Å². The van der Waals surface area contributed by atoms with E-state index in [2.05, 4.69) is 15.3 Å². The van der Waals surface area contributed by atoms with Crippen molar-refractivity contribution in [2.75, 3.05) is 5.32 Å². The lowest BCUT2D eigenvalue weighted by Gasteiger charge is -2.06. The van der Waals surface area contributed by atoms with Crippen LogP contribution < -0.4 is 5.32 Å². The highest BCUT2D eigenvalue weighted by Crippen LogP contribution is 2.38. The Kier molecular flexibility index (Phi) is 4.75.